The standard InChI is InChI=1S/C12H17F/c1-4-5-10-8-11(13)6-7-12(10)9(2)3/h6-9H,4-5H2,1-3H3. The Hall–Kier alpha value is -0.850. The van der Waals surface area contributed by atoms with Crippen LogP contribution in [0.15, 0.2) is 18.2 Å². The number of halogens is 1. The Balaban J connectivity index is 3.03. The van der Waals surface area contributed by atoms with Crippen molar-refractivity contribution < 1.29 is 4.39 Å². The van der Waals surface area contributed by atoms with E-state index in [1.807, 2.05) is 6.07 Å². The van der Waals surface area contributed by atoms with Gasteiger partial charge in [-0.1, -0.05) is 33.3 Å². The molecule has 0 bridgehead atoms. The van der Waals surface area contributed by atoms with Crippen molar-refractivity contribution in [1.29, 1.82) is 0 Å². The fraction of sp³-hybridized carbons (Fsp3) is 0.500. The average Bonchev–Trinajstić information content (AvgIpc) is 2.04. The highest BCUT2D eigenvalue weighted by molar-refractivity contribution is 5.30. The maximum Gasteiger partial charge on any atom is 0.123 e. The number of aryl methyl sites for hydroxylation is 1. The zero-order chi connectivity index (χ0) is 9.84. The molecule has 0 aliphatic rings. The van der Waals surface area contributed by atoms with Crippen molar-refractivity contribution in [3.8, 4) is 0 Å². The van der Waals surface area contributed by atoms with Crippen molar-refractivity contribution >= 4 is 0 Å². The number of benzene rings is 1. The van der Waals surface area contributed by atoms with Crippen molar-refractivity contribution in [2.24, 2.45) is 0 Å². The topological polar surface area (TPSA) is 0 Å². The lowest BCUT2D eigenvalue weighted by Gasteiger charge is -2.11. The predicted molar refractivity (Wildman–Crippen MR) is 54.5 cm³/mol. The van der Waals surface area contributed by atoms with Gasteiger partial charge in [-0.15, -0.1) is 0 Å². The van der Waals surface area contributed by atoms with Gasteiger partial charge in [0.1, 0.15) is 5.82 Å². The second-order valence-electron chi connectivity index (χ2n) is 3.75. The minimum absolute atomic E-state index is 0.118. The molecule has 0 saturated carbocycles. The Kier molecular flexibility index (Phi) is 3.47. The van der Waals surface area contributed by atoms with Gasteiger partial charge in [-0.3, -0.25) is 0 Å². The Bertz CT molecular complexity index is 276. The molecule has 1 rings (SSSR count). The smallest absolute Gasteiger partial charge is 0.123 e. The summed E-state index contributed by atoms with van der Waals surface area (Å²) in [6, 6.07) is 5.12. The minimum atomic E-state index is -0.118. The van der Waals surface area contributed by atoms with E-state index in [4.69, 9.17) is 0 Å². The molecular weight excluding hydrogens is 163 g/mol. The third-order valence-corrected chi connectivity index (χ3v) is 2.25. The van der Waals surface area contributed by atoms with Crippen LogP contribution < -0.4 is 0 Å². The van der Waals surface area contributed by atoms with Crippen LogP contribution in [0.3, 0.4) is 0 Å². The largest absolute Gasteiger partial charge is 0.207 e. The molecular formula is C12H17F. The maximum atomic E-state index is 12.9. The molecule has 0 aromatic heterocycles. The van der Waals surface area contributed by atoms with E-state index in [0.29, 0.717) is 5.92 Å². The first-order valence-electron chi connectivity index (χ1n) is 4.93. The van der Waals surface area contributed by atoms with Crippen LogP contribution >= 0.6 is 0 Å². The van der Waals surface area contributed by atoms with Crippen molar-refractivity contribution in [3.05, 3.63) is 35.1 Å². The molecule has 0 amide bonds. The summed E-state index contributed by atoms with van der Waals surface area (Å²) in [5, 5.41) is 0. The molecule has 0 saturated heterocycles. The Morgan fingerprint density at radius 1 is 1.31 bits per heavy atom. The summed E-state index contributed by atoms with van der Waals surface area (Å²) in [6.07, 6.45) is 2.05. The van der Waals surface area contributed by atoms with E-state index in [1.54, 1.807) is 12.1 Å². The molecule has 72 valence electrons. The first-order valence-corrected chi connectivity index (χ1v) is 4.93. The molecule has 0 spiro atoms. The van der Waals surface area contributed by atoms with Crippen LogP contribution in [0.5, 0.6) is 0 Å². The first-order chi connectivity index (χ1) is 6.15. The van der Waals surface area contributed by atoms with Gasteiger partial charge in [-0.05, 0) is 35.6 Å². The highest BCUT2D eigenvalue weighted by Gasteiger charge is 2.06. The van der Waals surface area contributed by atoms with Gasteiger partial charge in [0, 0.05) is 0 Å². The monoisotopic (exact) mass is 180 g/mol. The van der Waals surface area contributed by atoms with E-state index in [-0.39, 0.29) is 5.82 Å². The summed E-state index contributed by atoms with van der Waals surface area (Å²) in [6.45, 7) is 6.41. The minimum Gasteiger partial charge on any atom is -0.207 e. The maximum absolute atomic E-state index is 12.9. The molecule has 0 radical (unpaired) electrons. The number of hydrogen-bond acceptors (Lipinski definition) is 0. The van der Waals surface area contributed by atoms with E-state index >= 15 is 0 Å². The van der Waals surface area contributed by atoms with Crippen LogP contribution in [0.25, 0.3) is 0 Å². The Labute approximate surface area is 79.8 Å². The summed E-state index contributed by atoms with van der Waals surface area (Å²) in [5.74, 6) is 0.370. The lowest BCUT2D eigenvalue weighted by molar-refractivity contribution is 0.622. The van der Waals surface area contributed by atoms with E-state index in [9.17, 15) is 4.39 Å². The van der Waals surface area contributed by atoms with Gasteiger partial charge in [0.25, 0.3) is 0 Å². The predicted octanol–water partition coefficient (Wildman–Crippen LogP) is 3.90. The highest BCUT2D eigenvalue weighted by atomic mass is 19.1. The van der Waals surface area contributed by atoms with Crippen LogP contribution in [-0.2, 0) is 6.42 Å². The van der Waals surface area contributed by atoms with Crippen LogP contribution in [0, 0.1) is 5.82 Å². The van der Waals surface area contributed by atoms with E-state index < -0.39 is 0 Å². The zero-order valence-electron chi connectivity index (χ0n) is 8.60. The third-order valence-electron chi connectivity index (χ3n) is 2.25. The van der Waals surface area contributed by atoms with Crippen LogP contribution in [0.1, 0.15) is 44.2 Å². The second-order valence-corrected chi connectivity index (χ2v) is 3.75. The molecule has 0 N–H and O–H groups in total. The van der Waals surface area contributed by atoms with Gasteiger partial charge in [-0.2, -0.15) is 0 Å². The molecule has 13 heavy (non-hydrogen) atoms. The summed E-state index contributed by atoms with van der Waals surface area (Å²) < 4.78 is 12.9. The second kappa shape index (κ2) is 4.40. The Morgan fingerprint density at radius 2 is 2.00 bits per heavy atom. The fourth-order valence-corrected chi connectivity index (χ4v) is 1.62. The van der Waals surface area contributed by atoms with Gasteiger partial charge in [0.15, 0.2) is 0 Å². The van der Waals surface area contributed by atoms with E-state index in [0.717, 1.165) is 18.4 Å². The molecule has 1 aromatic rings. The van der Waals surface area contributed by atoms with Crippen molar-refractivity contribution in [1.82, 2.24) is 0 Å². The van der Waals surface area contributed by atoms with Gasteiger partial charge in [0.05, 0.1) is 0 Å². The highest BCUT2D eigenvalue weighted by Crippen LogP contribution is 2.21. The first kappa shape index (κ1) is 10.2. The van der Waals surface area contributed by atoms with Crippen molar-refractivity contribution in [2.75, 3.05) is 0 Å². The molecule has 0 unspecified atom stereocenters. The number of hydrogen-bond donors (Lipinski definition) is 0. The van der Waals surface area contributed by atoms with Crippen LogP contribution in [0.4, 0.5) is 4.39 Å². The molecule has 0 heterocycles. The normalized spacial score (nSPS) is 10.8. The van der Waals surface area contributed by atoms with Gasteiger partial charge in [0.2, 0.25) is 0 Å². The molecule has 0 aliphatic heterocycles. The molecule has 0 atom stereocenters. The van der Waals surface area contributed by atoms with E-state index in [1.165, 1.54) is 5.56 Å². The molecule has 1 heteroatoms. The summed E-state index contributed by atoms with van der Waals surface area (Å²) >= 11 is 0. The van der Waals surface area contributed by atoms with Gasteiger partial charge >= 0.3 is 0 Å². The summed E-state index contributed by atoms with van der Waals surface area (Å²) in [7, 11) is 0. The van der Waals surface area contributed by atoms with Crippen LogP contribution in [0.2, 0.25) is 0 Å². The fourth-order valence-electron chi connectivity index (χ4n) is 1.62. The molecule has 1 aromatic carbocycles. The quantitative estimate of drug-likeness (QED) is 0.661. The summed E-state index contributed by atoms with van der Waals surface area (Å²) in [4.78, 5) is 0. The lowest BCUT2D eigenvalue weighted by atomic mass is 9.94. The third kappa shape index (κ3) is 2.55. The lowest BCUT2D eigenvalue weighted by Crippen LogP contribution is -1.96. The van der Waals surface area contributed by atoms with E-state index in [2.05, 4.69) is 20.8 Å². The molecule has 0 nitrogen and oxygen atoms in total. The average molecular weight is 180 g/mol. The van der Waals surface area contributed by atoms with Crippen LogP contribution in [-0.4, -0.2) is 0 Å². The van der Waals surface area contributed by atoms with Gasteiger partial charge in [-0.25, -0.2) is 4.39 Å². The summed E-state index contributed by atoms with van der Waals surface area (Å²) in [5.41, 5.74) is 2.45. The molecule has 0 fully saturated rings. The number of rotatable bonds is 3. The Morgan fingerprint density at radius 3 is 2.54 bits per heavy atom. The molecule has 0 aliphatic carbocycles. The van der Waals surface area contributed by atoms with Crippen molar-refractivity contribution in [2.45, 2.75) is 39.5 Å². The SMILES string of the molecule is CCCc1cc(F)ccc1C(C)C. The zero-order valence-corrected chi connectivity index (χ0v) is 8.60. The van der Waals surface area contributed by atoms with Crippen molar-refractivity contribution in [3.63, 3.8) is 0 Å². The van der Waals surface area contributed by atoms with Gasteiger partial charge < -0.3 is 0 Å².